The number of benzene rings is 1. The van der Waals surface area contributed by atoms with Crippen molar-refractivity contribution in [2.24, 2.45) is 0 Å². The molecule has 0 amide bonds. The second-order valence-corrected chi connectivity index (χ2v) is 4.38. The third kappa shape index (κ3) is 2.39. The zero-order chi connectivity index (χ0) is 12.4. The van der Waals surface area contributed by atoms with Gasteiger partial charge < -0.3 is 14.8 Å². The Labute approximate surface area is 105 Å². The molecule has 2 rings (SSSR count). The number of hydrogen-bond donors (Lipinski definition) is 1. The molecule has 1 aliphatic rings. The first-order valence-corrected chi connectivity index (χ1v) is 5.87. The van der Waals surface area contributed by atoms with Gasteiger partial charge in [-0.2, -0.15) is 0 Å². The summed E-state index contributed by atoms with van der Waals surface area (Å²) < 4.78 is 24.5. The number of nitrogens with one attached hydrogen (secondary N) is 1. The van der Waals surface area contributed by atoms with Gasteiger partial charge in [0.25, 0.3) is 0 Å². The molecule has 94 valence electrons. The molecular formula is C12H15ClFNO2. The number of ether oxygens (including phenoxy) is 2. The lowest BCUT2D eigenvalue weighted by Crippen LogP contribution is -2.34. The van der Waals surface area contributed by atoms with Crippen molar-refractivity contribution in [1.82, 2.24) is 5.32 Å². The van der Waals surface area contributed by atoms with Crippen LogP contribution in [0, 0.1) is 12.7 Å². The Balaban J connectivity index is 2.48. The molecule has 0 saturated carbocycles. The average molecular weight is 260 g/mol. The minimum atomic E-state index is -0.452. The molecule has 5 heteroatoms. The van der Waals surface area contributed by atoms with Crippen LogP contribution in [0.4, 0.5) is 4.39 Å². The van der Waals surface area contributed by atoms with Crippen molar-refractivity contribution in [3.05, 3.63) is 28.0 Å². The largest absolute Gasteiger partial charge is 0.493 e. The van der Waals surface area contributed by atoms with Gasteiger partial charge in [-0.05, 0) is 18.6 Å². The van der Waals surface area contributed by atoms with E-state index in [1.54, 1.807) is 0 Å². The minimum absolute atomic E-state index is 0.216. The monoisotopic (exact) mass is 259 g/mol. The van der Waals surface area contributed by atoms with Crippen LogP contribution in [0.15, 0.2) is 6.07 Å². The molecule has 1 unspecified atom stereocenters. The van der Waals surface area contributed by atoms with E-state index in [1.807, 2.05) is 6.92 Å². The predicted octanol–water partition coefficient (Wildman–Crippen LogP) is 2.46. The SMILES string of the molecule is COc1c(F)cc(Cl)c(C)c1C1CNCCO1. The fourth-order valence-electron chi connectivity index (χ4n) is 2.06. The van der Waals surface area contributed by atoms with Crippen LogP contribution in [-0.2, 0) is 4.74 Å². The second-order valence-electron chi connectivity index (χ2n) is 3.98. The first kappa shape index (κ1) is 12.6. The predicted molar refractivity (Wildman–Crippen MR) is 64.3 cm³/mol. The number of methoxy groups -OCH3 is 1. The zero-order valence-corrected chi connectivity index (χ0v) is 10.6. The summed E-state index contributed by atoms with van der Waals surface area (Å²) in [5.41, 5.74) is 1.50. The van der Waals surface area contributed by atoms with Crippen LogP contribution in [0.25, 0.3) is 0 Å². The number of halogens is 2. The van der Waals surface area contributed by atoms with E-state index in [9.17, 15) is 4.39 Å². The molecule has 1 fully saturated rings. The second kappa shape index (κ2) is 5.21. The summed E-state index contributed by atoms with van der Waals surface area (Å²) in [4.78, 5) is 0. The van der Waals surface area contributed by atoms with Gasteiger partial charge in [0.1, 0.15) is 0 Å². The van der Waals surface area contributed by atoms with Gasteiger partial charge in [0, 0.05) is 23.7 Å². The molecule has 17 heavy (non-hydrogen) atoms. The summed E-state index contributed by atoms with van der Waals surface area (Å²) >= 11 is 6.00. The Morgan fingerprint density at radius 2 is 2.35 bits per heavy atom. The molecular weight excluding hydrogens is 245 g/mol. The molecule has 0 aromatic heterocycles. The summed E-state index contributed by atoms with van der Waals surface area (Å²) in [7, 11) is 1.45. The Morgan fingerprint density at radius 3 is 2.94 bits per heavy atom. The van der Waals surface area contributed by atoms with Crippen molar-refractivity contribution >= 4 is 11.6 Å². The summed E-state index contributed by atoms with van der Waals surface area (Å²) in [5, 5.41) is 3.60. The lowest BCUT2D eigenvalue weighted by molar-refractivity contribution is 0.0255. The molecule has 1 aromatic carbocycles. The Kier molecular flexibility index (Phi) is 3.86. The van der Waals surface area contributed by atoms with Gasteiger partial charge in [-0.3, -0.25) is 0 Å². The highest BCUT2D eigenvalue weighted by atomic mass is 35.5. The quantitative estimate of drug-likeness (QED) is 0.885. The lowest BCUT2D eigenvalue weighted by atomic mass is 10.0. The molecule has 3 nitrogen and oxygen atoms in total. The zero-order valence-electron chi connectivity index (χ0n) is 9.85. The summed E-state index contributed by atoms with van der Waals surface area (Å²) in [6.07, 6.45) is -0.216. The molecule has 0 bridgehead atoms. The molecule has 1 heterocycles. The van der Waals surface area contributed by atoms with E-state index in [-0.39, 0.29) is 11.9 Å². The van der Waals surface area contributed by atoms with Gasteiger partial charge >= 0.3 is 0 Å². The normalized spacial score (nSPS) is 20.4. The fraction of sp³-hybridized carbons (Fsp3) is 0.500. The van der Waals surface area contributed by atoms with E-state index in [2.05, 4.69) is 5.32 Å². The molecule has 0 spiro atoms. The van der Waals surface area contributed by atoms with E-state index in [1.165, 1.54) is 13.2 Å². The third-order valence-electron chi connectivity index (χ3n) is 2.93. The average Bonchev–Trinajstić information content (AvgIpc) is 2.34. The van der Waals surface area contributed by atoms with Crippen LogP contribution >= 0.6 is 11.6 Å². The van der Waals surface area contributed by atoms with Gasteiger partial charge in [-0.15, -0.1) is 0 Å². The highest BCUT2D eigenvalue weighted by Crippen LogP contribution is 2.37. The fourth-order valence-corrected chi connectivity index (χ4v) is 2.26. The number of hydrogen-bond acceptors (Lipinski definition) is 3. The summed E-state index contributed by atoms with van der Waals surface area (Å²) in [5.74, 6) is -0.229. The van der Waals surface area contributed by atoms with Crippen LogP contribution in [0.1, 0.15) is 17.2 Å². The molecule has 1 N–H and O–H groups in total. The summed E-state index contributed by atoms with van der Waals surface area (Å²) in [6.45, 7) is 3.89. The first-order valence-electron chi connectivity index (χ1n) is 5.50. The highest BCUT2D eigenvalue weighted by Gasteiger charge is 2.25. The minimum Gasteiger partial charge on any atom is -0.493 e. The molecule has 1 saturated heterocycles. The maximum atomic E-state index is 13.8. The third-order valence-corrected chi connectivity index (χ3v) is 3.32. The van der Waals surface area contributed by atoms with Crippen LogP contribution < -0.4 is 10.1 Å². The van der Waals surface area contributed by atoms with E-state index in [0.717, 1.165) is 12.1 Å². The van der Waals surface area contributed by atoms with Crippen molar-refractivity contribution in [1.29, 1.82) is 0 Å². The van der Waals surface area contributed by atoms with Gasteiger partial charge in [0.15, 0.2) is 11.6 Å². The maximum Gasteiger partial charge on any atom is 0.166 e. The Hall–Kier alpha value is -0.840. The van der Waals surface area contributed by atoms with Gasteiger partial charge in [-0.1, -0.05) is 11.6 Å². The standard InChI is InChI=1S/C12H15ClFNO2/c1-7-8(13)5-9(14)12(16-2)11(7)10-6-15-3-4-17-10/h5,10,15H,3-4,6H2,1-2H3. The molecule has 1 atom stereocenters. The van der Waals surface area contributed by atoms with E-state index < -0.39 is 5.82 Å². The van der Waals surface area contributed by atoms with Gasteiger partial charge in [0.05, 0.1) is 19.8 Å². The van der Waals surface area contributed by atoms with Crippen molar-refractivity contribution in [2.45, 2.75) is 13.0 Å². The van der Waals surface area contributed by atoms with Crippen molar-refractivity contribution in [3.63, 3.8) is 0 Å². The molecule has 0 aliphatic carbocycles. The van der Waals surface area contributed by atoms with E-state index >= 15 is 0 Å². The number of rotatable bonds is 2. The molecule has 0 radical (unpaired) electrons. The highest BCUT2D eigenvalue weighted by molar-refractivity contribution is 6.31. The Bertz CT molecular complexity index is 419. The van der Waals surface area contributed by atoms with E-state index in [4.69, 9.17) is 21.1 Å². The first-order chi connectivity index (χ1) is 8.15. The van der Waals surface area contributed by atoms with Crippen molar-refractivity contribution < 1.29 is 13.9 Å². The number of morpholine rings is 1. The van der Waals surface area contributed by atoms with Crippen molar-refractivity contribution in [2.75, 3.05) is 26.8 Å². The van der Waals surface area contributed by atoms with Gasteiger partial charge in [0.2, 0.25) is 0 Å². The van der Waals surface area contributed by atoms with Crippen LogP contribution in [0.2, 0.25) is 5.02 Å². The smallest absolute Gasteiger partial charge is 0.166 e. The van der Waals surface area contributed by atoms with Gasteiger partial charge in [-0.25, -0.2) is 4.39 Å². The van der Waals surface area contributed by atoms with E-state index in [0.29, 0.717) is 23.7 Å². The summed E-state index contributed by atoms with van der Waals surface area (Å²) in [6, 6.07) is 1.27. The molecule has 1 aliphatic heterocycles. The Morgan fingerprint density at radius 1 is 1.59 bits per heavy atom. The van der Waals surface area contributed by atoms with Crippen LogP contribution in [0.5, 0.6) is 5.75 Å². The van der Waals surface area contributed by atoms with Crippen LogP contribution in [-0.4, -0.2) is 26.8 Å². The van der Waals surface area contributed by atoms with Crippen LogP contribution in [0.3, 0.4) is 0 Å². The van der Waals surface area contributed by atoms with Crippen molar-refractivity contribution in [3.8, 4) is 5.75 Å². The molecule has 1 aromatic rings. The topological polar surface area (TPSA) is 30.5 Å². The maximum absolute atomic E-state index is 13.8. The lowest BCUT2D eigenvalue weighted by Gasteiger charge is -2.27.